The van der Waals surface area contributed by atoms with Gasteiger partial charge in [-0.15, -0.1) is 0 Å². The molecule has 0 heterocycles. The van der Waals surface area contributed by atoms with Crippen LogP contribution in [0.5, 0.6) is 5.75 Å². The first-order valence-electron chi connectivity index (χ1n) is 4.33. The molecule has 2 nitrogen and oxygen atoms in total. The standard InChI is InChI=1S/C11H13BrO2/c1-6-5-9(12)11(14-4)10(7(6)2)8(3)13/h5H,1-4H3. The maximum Gasteiger partial charge on any atom is 0.163 e. The van der Waals surface area contributed by atoms with Gasteiger partial charge in [-0.3, -0.25) is 4.79 Å². The van der Waals surface area contributed by atoms with Gasteiger partial charge in [-0.1, -0.05) is 0 Å². The van der Waals surface area contributed by atoms with Crippen molar-refractivity contribution in [1.29, 1.82) is 0 Å². The molecular formula is C11H13BrO2. The van der Waals surface area contributed by atoms with Crippen molar-refractivity contribution in [3.05, 3.63) is 27.2 Å². The summed E-state index contributed by atoms with van der Waals surface area (Å²) in [6.45, 7) is 5.46. The third-order valence-electron chi connectivity index (χ3n) is 2.31. The molecule has 1 aromatic rings. The van der Waals surface area contributed by atoms with Crippen LogP contribution >= 0.6 is 15.9 Å². The number of benzene rings is 1. The molecule has 0 saturated carbocycles. The third-order valence-corrected chi connectivity index (χ3v) is 2.90. The van der Waals surface area contributed by atoms with Gasteiger partial charge in [-0.2, -0.15) is 0 Å². The van der Waals surface area contributed by atoms with Crippen LogP contribution in [0.15, 0.2) is 10.5 Å². The summed E-state index contributed by atoms with van der Waals surface area (Å²) < 4.78 is 6.03. The summed E-state index contributed by atoms with van der Waals surface area (Å²) in [6, 6.07) is 1.96. The largest absolute Gasteiger partial charge is 0.495 e. The maximum absolute atomic E-state index is 11.4. The number of ketones is 1. The van der Waals surface area contributed by atoms with Crippen LogP contribution in [-0.2, 0) is 0 Å². The number of hydrogen-bond acceptors (Lipinski definition) is 2. The topological polar surface area (TPSA) is 26.3 Å². The average Bonchev–Trinajstić information content (AvgIpc) is 2.10. The van der Waals surface area contributed by atoms with E-state index in [1.165, 1.54) is 0 Å². The van der Waals surface area contributed by atoms with E-state index in [4.69, 9.17) is 4.74 Å². The van der Waals surface area contributed by atoms with Gasteiger partial charge in [0.05, 0.1) is 17.1 Å². The molecule has 14 heavy (non-hydrogen) atoms. The predicted octanol–water partition coefficient (Wildman–Crippen LogP) is 3.28. The fourth-order valence-electron chi connectivity index (χ4n) is 1.47. The van der Waals surface area contributed by atoms with Crippen LogP contribution in [0.4, 0.5) is 0 Å². The van der Waals surface area contributed by atoms with Crippen LogP contribution in [0.3, 0.4) is 0 Å². The number of carbonyl (C=O) groups excluding carboxylic acids is 1. The van der Waals surface area contributed by atoms with E-state index in [9.17, 15) is 4.79 Å². The second-order valence-corrected chi connectivity index (χ2v) is 4.12. The van der Waals surface area contributed by atoms with E-state index in [0.29, 0.717) is 11.3 Å². The van der Waals surface area contributed by atoms with Crippen molar-refractivity contribution in [1.82, 2.24) is 0 Å². The van der Waals surface area contributed by atoms with Gasteiger partial charge in [0, 0.05) is 0 Å². The van der Waals surface area contributed by atoms with Gasteiger partial charge in [-0.25, -0.2) is 0 Å². The summed E-state index contributed by atoms with van der Waals surface area (Å²) in [4.78, 5) is 11.4. The average molecular weight is 257 g/mol. The van der Waals surface area contributed by atoms with E-state index in [0.717, 1.165) is 15.6 Å². The highest BCUT2D eigenvalue weighted by Crippen LogP contribution is 2.33. The van der Waals surface area contributed by atoms with E-state index in [2.05, 4.69) is 15.9 Å². The molecular weight excluding hydrogens is 244 g/mol. The summed E-state index contributed by atoms with van der Waals surface area (Å²) in [6.07, 6.45) is 0. The number of rotatable bonds is 2. The van der Waals surface area contributed by atoms with Gasteiger partial charge in [-0.05, 0) is 53.9 Å². The van der Waals surface area contributed by atoms with Crippen molar-refractivity contribution in [2.24, 2.45) is 0 Å². The van der Waals surface area contributed by atoms with Crippen LogP contribution in [0.2, 0.25) is 0 Å². The predicted molar refractivity (Wildman–Crippen MR) is 60.2 cm³/mol. The lowest BCUT2D eigenvalue weighted by Gasteiger charge is -2.13. The van der Waals surface area contributed by atoms with Gasteiger partial charge >= 0.3 is 0 Å². The number of aryl methyl sites for hydroxylation is 1. The highest BCUT2D eigenvalue weighted by Gasteiger charge is 2.16. The zero-order valence-electron chi connectivity index (χ0n) is 8.77. The maximum atomic E-state index is 11.4. The summed E-state index contributed by atoms with van der Waals surface area (Å²) in [7, 11) is 1.57. The summed E-state index contributed by atoms with van der Waals surface area (Å²) in [5, 5.41) is 0. The lowest BCUT2D eigenvalue weighted by atomic mass is 10.00. The SMILES string of the molecule is COc1c(Br)cc(C)c(C)c1C(C)=O. The van der Waals surface area contributed by atoms with Crippen LogP contribution in [0.1, 0.15) is 28.4 Å². The minimum Gasteiger partial charge on any atom is -0.495 e. The van der Waals surface area contributed by atoms with E-state index in [1.807, 2.05) is 19.9 Å². The van der Waals surface area contributed by atoms with Crippen molar-refractivity contribution in [3.8, 4) is 5.75 Å². The van der Waals surface area contributed by atoms with E-state index >= 15 is 0 Å². The molecule has 3 heteroatoms. The van der Waals surface area contributed by atoms with Crippen molar-refractivity contribution in [2.45, 2.75) is 20.8 Å². The zero-order valence-corrected chi connectivity index (χ0v) is 10.4. The van der Waals surface area contributed by atoms with Crippen LogP contribution < -0.4 is 4.74 Å². The Bertz CT molecular complexity index is 383. The fraction of sp³-hybridized carbons (Fsp3) is 0.364. The number of Topliss-reactive ketones (excluding diaryl/α,β-unsaturated/α-hetero) is 1. The Morgan fingerprint density at radius 1 is 1.43 bits per heavy atom. The molecule has 0 amide bonds. The van der Waals surface area contributed by atoms with Crippen molar-refractivity contribution in [3.63, 3.8) is 0 Å². The minimum absolute atomic E-state index is 0.0313. The lowest BCUT2D eigenvalue weighted by molar-refractivity contribution is 0.101. The molecule has 0 bridgehead atoms. The molecule has 0 aliphatic carbocycles. The summed E-state index contributed by atoms with van der Waals surface area (Å²) in [5.41, 5.74) is 2.74. The zero-order chi connectivity index (χ0) is 10.9. The molecule has 0 unspecified atom stereocenters. The first-order chi connectivity index (χ1) is 6.49. The molecule has 1 rings (SSSR count). The van der Waals surface area contributed by atoms with Gasteiger partial charge in [0.15, 0.2) is 5.78 Å². The molecule has 76 valence electrons. The number of methoxy groups -OCH3 is 1. The smallest absolute Gasteiger partial charge is 0.163 e. The number of hydrogen-bond donors (Lipinski definition) is 0. The Balaban J connectivity index is 3.56. The Morgan fingerprint density at radius 2 is 2.00 bits per heavy atom. The Labute approximate surface area is 92.4 Å². The second-order valence-electron chi connectivity index (χ2n) is 3.26. The second kappa shape index (κ2) is 4.13. The van der Waals surface area contributed by atoms with E-state index in [1.54, 1.807) is 14.0 Å². The molecule has 0 aliphatic heterocycles. The van der Waals surface area contributed by atoms with Crippen LogP contribution in [0.25, 0.3) is 0 Å². The Morgan fingerprint density at radius 3 is 2.43 bits per heavy atom. The number of halogens is 1. The van der Waals surface area contributed by atoms with Crippen molar-refractivity contribution < 1.29 is 9.53 Å². The highest BCUT2D eigenvalue weighted by atomic mass is 79.9. The Kier molecular flexibility index (Phi) is 3.32. The fourth-order valence-corrected chi connectivity index (χ4v) is 2.18. The molecule has 0 aromatic heterocycles. The van der Waals surface area contributed by atoms with Gasteiger partial charge in [0.2, 0.25) is 0 Å². The quantitative estimate of drug-likeness (QED) is 0.760. The molecule has 0 atom stereocenters. The molecule has 0 radical (unpaired) electrons. The highest BCUT2D eigenvalue weighted by molar-refractivity contribution is 9.10. The van der Waals surface area contributed by atoms with Gasteiger partial charge < -0.3 is 4.74 Å². The van der Waals surface area contributed by atoms with E-state index in [-0.39, 0.29) is 5.78 Å². The van der Waals surface area contributed by atoms with Crippen LogP contribution in [0, 0.1) is 13.8 Å². The van der Waals surface area contributed by atoms with Crippen molar-refractivity contribution in [2.75, 3.05) is 7.11 Å². The number of ether oxygens (including phenoxy) is 1. The Hall–Kier alpha value is -0.830. The summed E-state index contributed by atoms with van der Waals surface area (Å²) in [5.74, 6) is 0.657. The monoisotopic (exact) mass is 256 g/mol. The number of carbonyl (C=O) groups is 1. The van der Waals surface area contributed by atoms with Gasteiger partial charge in [0.25, 0.3) is 0 Å². The molecule has 0 spiro atoms. The van der Waals surface area contributed by atoms with Gasteiger partial charge in [0.1, 0.15) is 5.75 Å². The lowest BCUT2D eigenvalue weighted by Crippen LogP contribution is -2.03. The first-order valence-corrected chi connectivity index (χ1v) is 5.13. The third kappa shape index (κ3) is 1.82. The normalized spacial score (nSPS) is 10.1. The van der Waals surface area contributed by atoms with E-state index < -0.39 is 0 Å². The molecule has 0 fully saturated rings. The summed E-state index contributed by atoms with van der Waals surface area (Å²) >= 11 is 3.38. The molecule has 1 aromatic carbocycles. The van der Waals surface area contributed by atoms with Crippen molar-refractivity contribution >= 4 is 21.7 Å². The molecule has 0 N–H and O–H groups in total. The molecule has 0 aliphatic rings. The first kappa shape index (κ1) is 11.2. The van der Waals surface area contributed by atoms with Crippen LogP contribution in [-0.4, -0.2) is 12.9 Å². The minimum atomic E-state index is 0.0313. The molecule has 0 saturated heterocycles.